The fraction of sp³-hybridized carbons (Fsp3) is 0.269. The number of carbonyl (C=O) groups excluding carboxylic acids is 1. The van der Waals surface area contributed by atoms with Crippen LogP contribution < -0.4 is 9.47 Å². The maximum atomic E-state index is 13.2. The van der Waals surface area contributed by atoms with Crippen LogP contribution in [0.15, 0.2) is 78.9 Å². The summed E-state index contributed by atoms with van der Waals surface area (Å²) in [5.74, 6) is 2.80. The Morgan fingerprint density at radius 3 is 2.20 bits per heavy atom. The van der Waals surface area contributed by atoms with Gasteiger partial charge in [0.05, 0.1) is 7.11 Å². The van der Waals surface area contributed by atoms with Crippen LogP contribution in [-0.4, -0.2) is 31.0 Å². The highest BCUT2D eigenvalue weighted by atomic mass is 16.5. The summed E-state index contributed by atoms with van der Waals surface area (Å²) >= 11 is 0. The van der Waals surface area contributed by atoms with Gasteiger partial charge in [-0.2, -0.15) is 0 Å². The molecule has 4 nitrogen and oxygen atoms in total. The minimum absolute atomic E-state index is 0.0849. The largest absolute Gasteiger partial charge is 0.497 e. The Labute approximate surface area is 178 Å². The predicted octanol–water partition coefficient (Wildman–Crippen LogP) is 5.90. The van der Waals surface area contributed by atoms with Crippen LogP contribution in [0.25, 0.3) is 0 Å². The van der Waals surface area contributed by atoms with Crippen molar-refractivity contribution < 1.29 is 14.3 Å². The van der Waals surface area contributed by atoms with E-state index in [1.54, 1.807) is 7.11 Å². The van der Waals surface area contributed by atoms with Crippen molar-refractivity contribution >= 4 is 5.91 Å². The summed E-state index contributed by atoms with van der Waals surface area (Å²) in [6, 6.07) is 25.3. The molecule has 0 N–H and O–H groups in total. The zero-order chi connectivity index (χ0) is 20.8. The molecule has 3 aromatic carbocycles. The number of benzene rings is 3. The molecule has 0 aromatic heterocycles. The number of para-hydroxylation sites is 1. The summed E-state index contributed by atoms with van der Waals surface area (Å²) < 4.78 is 11.1. The average molecular weight is 402 g/mol. The molecule has 4 rings (SSSR count). The Morgan fingerprint density at radius 2 is 1.50 bits per heavy atom. The average Bonchev–Trinajstić information content (AvgIpc) is 3.06. The van der Waals surface area contributed by atoms with Crippen LogP contribution in [0.5, 0.6) is 17.2 Å². The topological polar surface area (TPSA) is 38.8 Å². The number of hydrogen-bond acceptors (Lipinski definition) is 3. The van der Waals surface area contributed by atoms with Gasteiger partial charge in [0.15, 0.2) is 0 Å². The van der Waals surface area contributed by atoms with Gasteiger partial charge in [-0.05, 0) is 66.9 Å². The van der Waals surface area contributed by atoms with Gasteiger partial charge in [-0.3, -0.25) is 4.79 Å². The number of likely N-dealkylation sites (tertiary alicyclic amines) is 1. The highest BCUT2D eigenvalue weighted by Gasteiger charge is 2.24. The second-order valence-corrected chi connectivity index (χ2v) is 7.66. The highest BCUT2D eigenvalue weighted by molar-refractivity contribution is 5.94. The molecule has 1 heterocycles. The van der Waals surface area contributed by atoms with E-state index in [1.807, 2.05) is 71.6 Å². The Balaban J connectivity index is 1.44. The molecule has 1 aliphatic rings. The molecule has 3 aromatic rings. The first kappa shape index (κ1) is 20.0. The second kappa shape index (κ2) is 9.49. The van der Waals surface area contributed by atoms with Crippen LogP contribution >= 0.6 is 0 Å². The third-order valence-corrected chi connectivity index (χ3v) is 5.63. The van der Waals surface area contributed by atoms with E-state index in [4.69, 9.17) is 9.47 Å². The van der Waals surface area contributed by atoms with Crippen molar-refractivity contribution in [1.29, 1.82) is 0 Å². The van der Waals surface area contributed by atoms with Crippen molar-refractivity contribution in [2.75, 3.05) is 20.2 Å². The van der Waals surface area contributed by atoms with Crippen molar-refractivity contribution in [3.05, 3.63) is 90.0 Å². The van der Waals surface area contributed by atoms with Crippen LogP contribution in [0.2, 0.25) is 0 Å². The molecule has 4 heteroatoms. The number of rotatable bonds is 5. The zero-order valence-corrected chi connectivity index (χ0v) is 17.3. The van der Waals surface area contributed by atoms with Crippen molar-refractivity contribution in [3.8, 4) is 17.2 Å². The van der Waals surface area contributed by atoms with Gasteiger partial charge in [0.25, 0.3) is 5.91 Å². The number of carbonyl (C=O) groups is 1. The lowest BCUT2D eigenvalue weighted by molar-refractivity contribution is 0.0754. The van der Waals surface area contributed by atoms with Crippen molar-refractivity contribution in [3.63, 3.8) is 0 Å². The fourth-order valence-electron chi connectivity index (χ4n) is 3.95. The van der Waals surface area contributed by atoms with E-state index in [0.717, 1.165) is 49.6 Å². The number of nitrogens with zero attached hydrogens (tertiary/aromatic N) is 1. The first-order chi connectivity index (χ1) is 14.7. The van der Waals surface area contributed by atoms with E-state index >= 15 is 0 Å². The normalized spacial score (nSPS) is 16.6. The first-order valence-electron chi connectivity index (χ1n) is 10.5. The maximum Gasteiger partial charge on any atom is 0.253 e. The zero-order valence-electron chi connectivity index (χ0n) is 17.3. The number of amides is 1. The molecule has 0 spiro atoms. The molecule has 0 aliphatic carbocycles. The summed E-state index contributed by atoms with van der Waals surface area (Å²) in [6.07, 6.45) is 3.26. The third kappa shape index (κ3) is 4.82. The summed E-state index contributed by atoms with van der Waals surface area (Å²) in [6.45, 7) is 1.54. The molecule has 1 unspecified atom stereocenters. The van der Waals surface area contributed by atoms with E-state index in [1.165, 1.54) is 5.56 Å². The van der Waals surface area contributed by atoms with Crippen LogP contribution in [0.4, 0.5) is 0 Å². The molecule has 0 saturated carbocycles. The molecule has 0 bridgehead atoms. The lowest BCUT2D eigenvalue weighted by atomic mass is 9.94. The van der Waals surface area contributed by atoms with Crippen LogP contribution in [0.3, 0.4) is 0 Å². The Hall–Kier alpha value is -3.27. The molecule has 1 saturated heterocycles. The molecular formula is C26H27NO3. The minimum atomic E-state index is 0.0849. The maximum absolute atomic E-state index is 13.2. The third-order valence-electron chi connectivity index (χ3n) is 5.63. The molecule has 1 fully saturated rings. The van der Waals surface area contributed by atoms with Gasteiger partial charge in [-0.15, -0.1) is 0 Å². The number of hydrogen-bond donors (Lipinski definition) is 0. The fourth-order valence-corrected chi connectivity index (χ4v) is 3.95. The quantitative estimate of drug-likeness (QED) is 0.534. The molecular weight excluding hydrogens is 374 g/mol. The summed E-state index contributed by atoms with van der Waals surface area (Å²) in [4.78, 5) is 15.2. The Morgan fingerprint density at radius 1 is 0.833 bits per heavy atom. The first-order valence-corrected chi connectivity index (χ1v) is 10.5. The highest BCUT2D eigenvalue weighted by Crippen LogP contribution is 2.29. The van der Waals surface area contributed by atoms with Crippen LogP contribution in [0.1, 0.15) is 41.1 Å². The molecule has 0 radical (unpaired) electrons. The van der Waals surface area contributed by atoms with E-state index in [9.17, 15) is 4.79 Å². The van der Waals surface area contributed by atoms with Gasteiger partial charge < -0.3 is 14.4 Å². The lowest BCUT2D eigenvalue weighted by Crippen LogP contribution is -2.34. The molecule has 1 atom stereocenters. The molecule has 30 heavy (non-hydrogen) atoms. The monoisotopic (exact) mass is 401 g/mol. The predicted molar refractivity (Wildman–Crippen MR) is 118 cm³/mol. The van der Waals surface area contributed by atoms with Crippen molar-refractivity contribution in [2.45, 2.75) is 25.2 Å². The number of methoxy groups -OCH3 is 1. The summed E-state index contributed by atoms with van der Waals surface area (Å²) in [5.41, 5.74) is 1.97. The SMILES string of the molecule is COc1ccc(C2CCCCN(C(=O)c3ccc(Oc4ccccc4)cc3)C2)cc1. The van der Waals surface area contributed by atoms with E-state index in [0.29, 0.717) is 11.5 Å². The van der Waals surface area contributed by atoms with Gasteiger partial charge in [-0.25, -0.2) is 0 Å². The summed E-state index contributed by atoms with van der Waals surface area (Å²) in [5, 5.41) is 0. The standard InChI is InChI=1S/C26H27NO3/c1-29-23-14-10-20(11-15-23)22-7-5-6-18-27(19-22)26(28)21-12-16-25(17-13-21)30-24-8-3-2-4-9-24/h2-4,8-17,22H,5-7,18-19H2,1H3. The van der Waals surface area contributed by atoms with E-state index in [2.05, 4.69) is 12.1 Å². The van der Waals surface area contributed by atoms with E-state index in [-0.39, 0.29) is 5.91 Å². The van der Waals surface area contributed by atoms with Gasteiger partial charge in [0.2, 0.25) is 0 Å². The minimum Gasteiger partial charge on any atom is -0.497 e. The van der Waals surface area contributed by atoms with Crippen molar-refractivity contribution in [1.82, 2.24) is 4.90 Å². The van der Waals surface area contributed by atoms with Crippen LogP contribution in [0, 0.1) is 0 Å². The molecule has 1 aliphatic heterocycles. The molecule has 154 valence electrons. The van der Waals surface area contributed by atoms with E-state index < -0.39 is 0 Å². The Kier molecular flexibility index (Phi) is 6.33. The second-order valence-electron chi connectivity index (χ2n) is 7.66. The van der Waals surface area contributed by atoms with Gasteiger partial charge >= 0.3 is 0 Å². The van der Waals surface area contributed by atoms with Crippen LogP contribution in [-0.2, 0) is 0 Å². The van der Waals surface area contributed by atoms with Gasteiger partial charge in [0, 0.05) is 24.6 Å². The Bertz CT molecular complexity index is 952. The number of ether oxygens (including phenoxy) is 2. The van der Waals surface area contributed by atoms with Gasteiger partial charge in [-0.1, -0.05) is 36.8 Å². The van der Waals surface area contributed by atoms with Gasteiger partial charge in [0.1, 0.15) is 17.2 Å². The molecule has 1 amide bonds. The lowest BCUT2D eigenvalue weighted by Gasteiger charge is -2.25. The van der Waals surface area contributed by atoms with Crippen molar-refractivity contribution in [2.24, 2.45) is 0 Å². The smallest absolute Gasteiger partial charge is 0.253 e. The summed E-state index contributed by atoms with van der Waals surface area (Å²) in [7, 11) is 1.68.